The second-order valence-electron chi connectivity index (χ2n) is 7.06. The lowest BCUT2D eigenvalue weighted by Crippen LogP contribution is -2.35. The highest BCUT2D eigenvalue weighted by Gasteiger charge is 2.11. The van der Waals surface area contributed by atoms with Gasteiger partial charge < -0.3 is 20.5 Å². The van der Waals surface area contributed by atoms with Crippen LogP contribution >= 0.6 is 0 Å². The van der Waals surface area contributed by atoms with Gasteiger partial charge in [0.1, 0.15) is 24.5 Å². The van der Waals surface area contributed by atoms with Gasteiger partial charge in [0, 0.05) is 24.7 Å². The summed E-state index contributed by atoms with van der Waals surface area (Å²) < 4.78 is 5.56. The molecule has 0 aliphatic heterocycles. The Morgan fingerprint density at radius 1 is 1.26 bits per heavy atom. The molecule has 0 radical (unpaired) electrons. The highest BCUT2D eigenvalue weighted by atomic mass is 16.5. The lowest BCUT2D eigenvalue weighted by atomic mass is 10.1. The molecule has 0 saturated carbocycles. The monoisotopic (exact) mass is 375 g/mol. The van der Waals surface area contributed by atoms with E-state index in [1.165, 1.54) is 12.8 Å². The molecule has 1 unspecified atom stereocenters. The summed E-state index contributed by atoms with van der Waals surface area (Å²) in [5, 5.41) is 25.2. The maximum absolute atomic E-state index is 12.0. The van der Waals surface area contributed by atoms with Crippen molar-refractivity contribution in [3.63, 3.8) is 0 Å². The number of carbonyl (C=O) groups excluding carboxylic acids is 1. The van der Waals surface area contributed by atoms with Gasteiger partial charge >= 0.3 is 0 Å². The van der Waals surface area contributed by atoms with Crippen molar-refractivity contribution in [1.82, 2.24) is 5.32 Å². The first kappa shape index (κ1) is 22.9. The number of aliphatic hydroxyl groups is 1. The zero-order chi connectivity index (χ0) is 20.1. The van der Waals surface area contributed by atoms with Crippen LogP contribution in [-0.2, 0) is 4.79 Å². The molecule has 1 rings (SSSR count). The Balaban J connectivity index is 2.49. The first-order chi connectivity index (χ1) is 13.0. The fraction of sp³-hybridized carbons (Fsp3) is 0.619. The van der Waals surface area contributed by atoms with Gasteiger partial charge in [0.05, 0.1) is 5.56 Å². The van der Waals surface area contributed by atoms with Crippen LogP contribution in [0.5, 0.6) is 5.75 Å². The SMILES string of the molecule is CCCCCCCC(=O)Nc1ccc(OCC(O)CNC(C)C)c(C#N)c1. The number of unbranched alkanes of at least 4 members (excludes halogenated alkanes) is 4. The van der Waals surface area contributed by atoms with E-state index in [2.05, 4.69) is 23.6 Å². The topological polar surface area (TPSA) is 94.4 Å². The number of rotatable bonds is 13. The van der Waals surface area contributed by atoms with Crippen molar-refractivity contribution in [3.05, 3.63) is 23.8 Å². The summed E-state index contributed by atoms with van der Waals surface area (Å²) in [5.41, 5.74) is 0.916. The summed E-state index contributed by atoms with van der Waals surface area (Å²) >= 11 is 0. The predicted octanol–water partition coefficient (Wildman–Crippen LogP) is 3.59. The maximum atomic E-state index is 12.0. The molecule has 0 spiro atoms. The number of carbonyl (C=O) groups is 1. The van der Waals surface area contributed by atoms with Crippen LogP contribution in [0.1, 0.15) is 64.9 Å². The molecule has 0 bridgehead atoms. The molecule has 0 saturated heterocycles. The zero-order valence-electron chi connectivity index (χ0n) is 16.8. The third-order valence-electron chi connectivity index (χ3n) is 4.08. The first-order valence-electron chi connectivity index (χ1n) is 9.84. The van der Waals surface area contributed by atoms with E-state index in [-0.39, 0.29) is 18.6 Å². The summed E-state index contributed by atoms with van der Waals surface area (Å²) in [5.74, 6) is 0.359. The average Bonchev–Trinajstić information content (AvgIpc) is 2.64. The Hall–Kier alpha value is -2.10. The number of nitrogens with zero attached hydrogens (tertiary/aromatic N) is 1. The van der Waals surface area contributed by atoms with E-state index in [1.54, 1.807) is 18.2 Å². The summed E-state index contributed by atoms with van der Waals surface area (Å²) in [6.07, 6.45) is 5.31. The van der Waals surface area contributed by atoms with Crippen molar-refractivity contribution in [2.45, 2.75) is 71.4 Å². The van der Waals surface area contributed by atoms with Crippen LogP contribution in [0.3, 0.4) is 0 Å². The number of hydrogen-bond acceptors (Lipinski definition) is 5. The summed E-state index contributed by atoms with van der Waals surface area (Å²) in [6.45, 7) is 6.68. The Morgan fingerprint density at radius 2 is 2.00 bits per heavy atom. The van der Waals surface area contributed by atoms with E-state index < -0.39 is 6.10 Å². The maximum Gasteiger partial charge on any atom is 0.224 e. The molecule has 1 amide bonds. The molecule has 1 aromatic rings. The van der Waals surface area contributed by atoms with Crippen molar-refractivity contribution < 1.29 is 14.6 Å². The van der Waals surface area contributed by atoms with E-state index in [4.69, 9.17) is 4.74 Å². The van der Waals surface area contributed by atoms with Crippen LogP contribution in [0.2, 0.25) is 0 Å². The van der Waals surface area contributed by atoms with E-state index in [0.717, 1.165) is 19.3 Å². The largest absolute Gasteiger partial charge is 0.489 e. The van der Waals surface area contributed by atoms with Gasteiger partial charge in [-0.25, -0.2) is 0 Å². The highest BCUT2D eigenvalue weighted by molar-refractivity contribution is 5.91. The van der Waals surface area contributed by atoms with E-state index in [1.807, 2.05) is 13.8 Å². The van der Waals surface area contributed by atoms with Crippen LogP contribution in [0.15, 0.2) is 18.2 Å². The lowest BCUT2D eigenvalue weighted by Gasteiger charge is -2.16. The molecular weight excluding hydrogens is 342 g/mol. The average molecular weight is 376 g/mol. The molecule has 6 heteroatoms. The van der Waals surface area contributed by atoms with Crippen molar-refractivity contribution in [2.24, 2.45) is 0 Å². The number of hydrogen-bond donors (Lipinski definition) is 3. The molecule has 0 fully saturated rings. The third kappa shape index (κ3) is 9.97. The molecule has 150 valence electrons. The molecule has 0 heterocycles. The van der Waals surface area contributed by atoms with Crippen LogP contribution in [0.4, 0.5) is 5.69 Å². The summed E-state index contributed by atoms with van der Waals surface area (Å²) in [7, 11) is 0. The molecule has 0 aliphatic carbocycles. The van der Waals surface area contributed by atoms with Gasteiger partial charge in [-0.15, -0.1) is 0 Å². The number of nitriles is 1. The smallest absolute Gasteiger partial charge is 0.224 e. The first-order valence-corrected chi connectivity index (χ1v) is 9.84. The predicted molar refractivity (Wildman–Crippen MR) is 108 cm³/mol. The third-order valence-corrected chi connectivity index (χ3v) is 4.08. The number of amides is 1. The van der Waals surface area contributed by atoms with Gasteiger partial charge in [0.2, 0.25) is 5.91 Å². The van der Waals surface area contributed by atoms with Gasteiger partial charge in [-0.2, -0.15) is 5.26 Å². The second-order valence-corrected chi connectivity index (χ2v) is 7.06. The number of nitrogens with one attached hydrogen (secondary N) is 2. The molecule has 1 aromatic carbocycles. The van der Waals surface area contributed by atoms with Gasteiger partial charge in [-0.1, -0.05) is 46.5 Å². The van der Waals surface area contributed by atoms with Crippen molar-refractivity contribution in [3.8, 4) is 11.8 Å². The minimum Gasteiger partial charge on any atom is -0.489 e. The number of benzene rings is 1. The zero-order valence-corrected chi connectivity index (χ0v) is 16.8. The molecule has 0 aromatic heterocycles. The molecule has 3 N–H and O–H groups in total. The van der Waals surface area contributed by atoms with Crippen molar-refractivity contribution >= 4 is 11.6 Å². The van der Waals surface area contributed by atoms with Crippen molar-refractivity contribution in [2.75, 3.05) is 18.5 Å². The Morgan fingerprint density at radius 3 is 2.67 bits per heavy atom. The molecule has 0 aliphatic rings. The highest BCUT2D eigenvalue weighted by Crippen LogP contribution is 2.22. The Kier molecular flexibility index (Phi) is 11.2. The van der Waals surface area contributed by atoms with E-state index >= 15 is 0 Å². The molecule has 27 heavy (non-hydrogen) atoms. The minimum atomic E-state index is -0.661. The number of aliphatic hydroxyl groups excluding tert-OH is 1. The van der Waals surface area contributed by atoms with Crippen LogP contribution in [0, 0.1) is 11.3 Å². The standard InChI is InChI=1S/C21H33N3O3/c1-4-5-6-7-8-9-21(26)24-18-10-11-20(17(12-18)13-22)27-15-19(25)14-23-16(2)3/h10-12,16,19,23,25H,4-9,14-15H2,1-3H3,(H,24,26). The Bertz CT molecular complexity index is 611. The van der Waals surface area contributed by atoms with Crippen LogP contribution in [-0.4, -0.2) is 36.3 Å². The van der Waals surface area contributed by atoms with Gasteiger partial charge in [-0.3, -0.25) is 4.79 Å². The van der Waals surface area contributed by atoms with Crippen molar-refractivity contribution in [1.29, 1.82) is 5.26 Å². The summed E-state index contributed by atoms with van der Waals surface area (Å²) in [6, 6.07) is 7.32. The van der Waals surface area contributed by atoms with Crippen LogP contribution < -0.4 is 15.4 Å². The lowest BCUT2D eigenvalue weighted by molar-refractivity contribution is -0.116. The molecule has 6 nitrogen and oxygen atoms in total. The number of ether oxygens (including phenoxy) is 1. The molecule has 1 atom stereocenters. The fourth-order valence-electron chi connectivity index (χ4n) is 2.55. The van der Waals surface area contributed by atoms with E-state index in [0.29, 0.717) is 30.0 Å². The van der Waals surface area contributed by atoms with Gasteiger partial charge in [0.25, 0.3) is 0 Å². The van der Waals surface area contributed by atoms with Gasteiger partial charge in [0.15, 0.2) is 0 Å². The number of anilines is 1. The Labute approximate surface area is 162 Å². The van der Waals surface area contributed by atoms with Gasteiger partial charge in [-0.05, 0) is 24.6 Å². The normalized spacial score (nSPS) is 11.9. The summed E-state index contributed by atoms with van der Waals surface area (Å²) in [4.78, 5) is 12.0. The quantitative estimate of drug-likeness (QED) is 0.458. The van der Waals surface area contributed by atoms with Crippen LogP contribution in [0.25, 0.3) is 0 Å². The second kappa shape index (κ2) is 13.1. The molecular formula is C21H33N3O3. The fourth-order valence-corrected chi connectivity index (χ4v) is 2.55. The van der Waals surface area contributed by atoms with E-state index in [9.17, 15) is 15.2 Å². The minimum absolute atomic E-state index is 0.0424.